The fourth-order valence-electron chi connectivity index (χ4n) is 2.25. The summed E-state index contributed by atoms with van der Waals surface area (Å²) in [5, 5.41) is 0. The number of benzene rings is 1. The largest absolute Gasteiger partial charge is 0.501 e. The van der Waals surface area contributed by atoms with Crippen molar-refractivity contribution in [1.29, 1.82) is 0 Å². The number of allylic oxidation sites excluding steroid dienone is 1. The van der Waals surface area contributed by atoms with Crippen LogP contribution in [-0.4, -0.2) is 12.6 Å². The molecule has 1 aliphatic carbocycles. The van der Waals surface area contributed by atoms with E-state index in [0.717, 1.165) is 49.0 Å². The van der Waals surface area contributed by atoms with Gasteiger partial charge in [0.25, 0.3) is 0 Å². The van der Waals surface area contributed by atoms with Gasteiger partial charge < -0.3 is 9.47 Å². The molecule has 1 aromatic carbocycles. The van der Waals surface area contributed by atoms with Gasteiger partial charge in [-0.1, -0.05) is 12.1 Å². The van der Waals surface area contributed by atoms with Gasteiger partial charge in [0, 0.05) is 5.56 Å². The predicted molar refractivity (Wildman–Crippen MR) is 72.7 cm³/mol. The zero-order valence-corrected chi connectivity index (χ0v) is 11.1. The average molecular weight is 258 g/mol. The van der Waals surface area contributed by atoms with Crippen molar-refractivity contribution >= 4 is 11.5 Å². The Morgan fingerprint density at radius 3 is 2.89 bits per heavy atom. The van der Waals surface area contributed by atoms with Gasteiger partial charge in [-0.2, -0.15) is 0 Å². The van der Waals surface area contributed by atoms with E-state index in [-0.39, 0.29) is 11.9 Å². The molecular formula is C16H18O3. The molecule has 3 nitrogen and oxygen atoms in total. The van der Waals surface area contributed by atoms with Crippen molar-refractivity contribution in [1.82, 2.24) is 0 Å². The minimum Gasteiger partial charge on any atom is -0.501 e. The summed E-state index contributed by atoms with van der Waals surface area (Å²) in [5.41, 5.74) is 3.20. The molecule has 0 unspecified atom stereocenters. The maximum Gasteiger partial charge on any atom is 0.314 e. The van der Waals surface area contributed by atoms with Crippen LogP contribution in [0.25, 0.3) is 5.57 Å². The van der Waals surface area contributed by atoms with Crippen molar-refractivity contribution in [2.45, 2.75) is 32.6 Å². The summed E-state index contributed by atoms with van der Waals surface area (Å²) in [6, 6.07) is 6.00. The van der Waals surface area contributed by atoms with Crippen molar-refractivity contribution in [2.24, 2.45) is 5.92 Å². The maximum absolute atomic E-state index is 11.8. The molecule has 2 aliphatic rings. The highest BCUT2D eigenvalue weighted by atomic mass is 16.5. The molecular weight excluding hydrogens is 240 g/mol. The first-order valence-electron chi connectivity index (χ1n) is 6.87. The van der Waals surface area contributed by atoms with Gasteiger partial charge in [0.05, 0.1) is 18.8 Å². The Hall–Kier alpha value is -1.77. The zero-order valence-electron chi connectivity index (χ0n) is 11.1. The zero-order chi connectivity index (χ0) is 13.2. The average Bonchev–Trinajstić information content (AvgIpc) is 3.24. The summed E-state index contributed by atoms with van der Waals surface area (Å²) in [6.45, 7) is 2.77. The van der Waals surface area contributed by atoms with Crippen molar-refractivity contribution in [3.8, 4) is 5.75 Å². The number of rotatable bonds is 3. The number of carbonyl (C=O) groups excluding carboxylic acids is 1. The summed E-state index contributed by atoms with van der Waals surface area (Å²) in [6.07, 6.45) is 5.70. The van der Waals surface area contributed by atoms with Crippen LogP contribution in [0.1, 0.15) is 36.8 Å². The van der Waals surface area contributed by atoms with Crippen molar-refractivity contribution in [3.63, 3.8) is 0 Å². The summed E-state index contributed by atoms with van der Waals surface area (Å²) < 4.78 is 11.0. The highest BCUT2D eigenvalue weighted by Crippen LogP contribution is 2.35. The van der Waals surface area contributed by atoms with Crippen LogP contribution in [0.2, 0.25) is 0 Å². The maximum atomic E-state index is 11.8. The first kappa shape index (κ1) is 12.3. The molecule has 1 fully saturated rings. The Bertz CT molecular complexity index is 527. The molecule has 1 aromatic rings. The lowest BCUT2D eigenvalue weighted by molar-refractivity contribution is -0.135. The molecule has 3 rings (SSSR count). The van der Waals surface area contributed by atoms with Gasteiger partial charge in [0.2, 0.25) is 0 Å². The molecule has 1 aliphatic heterocycles. The molecule has 0 atom stereocenters. The minimum absolute atomic E-state index is 0.0934. The summed E-state index contributed by atoms with van der Waals surface area (Å²) in [5.74, 6) is 0.697. The first-order valence-corrected chi connectivity index (χ1v) is 6.87. The number of ether oxygens (including phenoxy) is 2. The fraction of sp³-hybridized carbons (Fsp3) is 0.438. The summed E-state index contributed by atoms with van der Waals surface area (Å²) >= 11 is 0. The van der Waals surface area contributed by atoms with Crippen LogP contribution in [0, 0.1) is 12.8 Å². The quantitative estimate of drug-likeness (QED) is 0.615. The number of hydrogen-bond acceptors (Lipinski definition) is 3. The lowest BCUT2D eigenvalue weighted by atomic mass is 9.99. The molecule has 3 heteroatoms. The Morgan fingerprint density at radius 2 is 2.21 bits per heavy atom. The van der Waals surface area contributed by atoms with Gasteiger partial charge in [0.15, 0.2) is 0 Å². The number of aryl methyl sites for hydroxylation is 1. The SMILES string of the molecule is Cc1ccc(C2=COCCC2)c(OC(=O)C2CC2)c1. The van der Waals surface area contributed by atoms with Crippen LogP contribution in [0.15, 0.2) is 24.5 Å². The Labute approximate surface area is 113 Å². The van der Waals surface area contributed by atoms with E-state index < -0.39 is 0 Å². The minimum atomic E-state index is -0.0934. The monoisotopic (exact) mass is 258 g/mol. The van der Waals surface area contributed by atoms with E-state index in [0.29, 0.717) is 5.75 Å². The Morgan fingerprint density at radius 1 is 1.37 bits per heavy atom. The van der Waals surface area contributed by atoms with E-state index in [9.17, 15) is 4.79 Å². The van der Waals surface area contributed by atoms with E-state index in [1.807, 2.05) is 25.1 Å². The van der Waals surface area contributed by atoms with Crippen LogP contribution >= 0.6 is 0 Å². The third-order valence-electron chi connectivity index (χ3n) is 3.54. The van der Waals surface area contributed by atoms with E-state index in [1.165, 1.54) is 0 Å². The van der Waals surface area contributed by atoms with Gasteiger partial charge in [-0.3, -0.25) is 4.79 Å². The first-order chi connectivity index (χ1) is 9.24. The Balaban J connectivity index is 1.89. The summed E-state index contributed by atoms with van der Waals surface area (Å²) in [7, 11) is 0. The van der Waals surface area contributed by atoms with Gasteiger partial charge in [-0.15, -0.1) is 0 Å². The van der Waals surface area contributed by atoms with E-state index in [2.05, 4.69) is 0 Å². The lowest BCUT2D eigenvalue weighted by Gasteiger charge is -2.17. The molecule has 0 amide bonds. The molecule has 1 saturated carbocycles. The van der Waals surface area contributed by atoms with Crippen LogP contribution in [0.5, 0.6) is 5.75 Å². The molecule has 0 saturated heterocycles. The fourth-order valence-corrected chi connectivity index (χ4v) is 2.25. The molecule has 0 bridgehead atoms. The second-order valence-electron chi connectivity index (χ2n) is 5.31. The van der Waals surface area contributed by atoms with Gasteiger partial charge in [0.1, 0.15) is 5.75 Å². The van der Waals surface area contributed by atoms with Crippen molar-refractivity contribution < 1.29 is 14.3 Å². The second-order valence-corrected chi connectivity index (χ2v) is 5.31. The summed E-state index contributed by atoms with van der Waals surface area (Å²) in [4.78, 5) is 11.8. The van der Waals surface area contributed by atoms with Gasteiger partial charge in [-0.05, 0) is 49.8 Å². The van der Waals surface area contributed by atoms with E-state index in [4.69, 9.17) is 9.47 Å². The van der Waals surface area contributed by atoms with Crippen LogP contribution < -0.4 is 4.74 Å². The van der Waals surface area contributed by atoms with Crippen molar-refractivity contribution in [3.05, 3.63) is 35.6 Å². The number of esters is 1. The molecule has 100 valence electrons. The smallest absolute Gasteiger partial charge is 0.314 e. The molecule has 0 radical (unpaired) electrons. The standard InChI is InChI=1S/C16H18O3/c1-11-4-7-14(13-3-2-8-18-10-13)15(9-11)19-16(17)12-5-6-12/h4,7,9-10,12H,2-3,5-6,8H2,1H3. The third-order valence-corrected chi connectivity index (χ3v) is 3.54. The number of hydrogen-bond donors (Lipinski definition) is 0. The molecule has 1 heterocycles. The molecule has 0 aromatic heterocycles. The lowest BCUT2D eigenvalue weighted by Crippen LogP contribution is -2.11. The predicted octanol–water partition coefficient (Wildman–Crippen LogP) is 3.46. The van der Waals surface area contributed by atoms with E-state index >= 15 is 0 Å². The van der Waals surface area contributed by atoms with Crippen LogP contribution in [0.4, 0.5) is 0 Å². The molecule has 19 heavy (non-hydrogen) atoms. The van der Waals surface area contributed by atoms with Gasteiger partial charge in [-0.25, -0.2) is 0 Å². The highest BCUT2D eigenvalue weighted by Gasteiger charge is 2.32. The highest BCUT2D eigenvalue weighted by molar-refractivity contribution is 5.80. The van der Waals surface area contributed by atoms with Crippen LogP contribution in [-0.2, 0) is 9.53 Å². The second kappa shape index (κ2) is 5.08. The van der Waals surface area contributed by atoms with Crippen LogP contribution in [0.3, 0.4) is 0 Å². The van der Waals surface area contributed by atoms with E-state index in [1.54, 1.807) is 6.26 Å². The number of carbonyl (C=O) groups is 1. The Kier molecular flexibility index (Phi) is 3.28. The van der Waals surface area contributed by atoms with Gasteiger partial charge >= 0.3 is 5.97 Å². The third kappa shape index (κ3) is 2.80. The normalized spacial score (nSPS) is 18.5. The van der Waals surface area contributed by atoms with Crippen molar-refractivity contribution in [2.75, 3.05) is 6.61 Å². The molecule has 0 spiro atoms. The molecule has 0 N–H and O–H groups in total. The topological polar surface area (TPSA) is 35.5 Å².